The third kappa shape index (κ3) is 5.99. The molecule has 0 fully saturated rings. The molecular formula is C18H21ClF2N2OS. The molecule has 7 heteroatoms. The van der Waals surface area contributed by atoms with Crippen LogP contribution in [-0.2, 0) is 4.79 Å². The quantitative estimate of drug-likeness (QED) is 0.732. The third-order valence-corrected chi connectivity index (χ3v) is 4.83. The Morgan fingerprint density at radius 3 is 2.48 bits per heavy atom. The molecule has 1 amide bonds. The fraction of sp³-hybridized carbons (Fsp3) is 0.278. The monoisotopic (exact) mass is 386 g/mol. The molecule has 0 spiro atoms. The van der Waals surface area contributed by atoms with Crippen molar-refractivity contribution in [3.05, 3.63) is 65.7 Å². The molecule has 0 aliphatic heterocycles. The van der Waals surface area contributed by atoms with Crippen LogP contribution < -0.4 is 5.32 Å². The van der Waals surface area contributed by atoms with Crippen LogP contribution in [0.4, 0.5) is 8.78 Å². The van der Waals surface area contributed by atoms with Gasteiger partial charge in [-0.05, 0) is 24.7 Å². The van der Waals surface area contributed by atoms with Gasteiger partial charge in [-0.25, -0.2) is 8.78 Å². The van der Waals surface area contributed by atoms with E-state index in [1.807, 2.05) is 37.4 Å². The Morgan fingerprint density at radius 1 is 1.20 bits per heavy atom. The molecule has 3 nitrogen and oxygen atoms in total. The van der Waals surface area contributed by atoms with Crippen LogP contribution in [0.2, 0.25) is 0 Å². The van der Waals surface area contributed by atoms with E-state index in [1.165, 1.54) is 12.1 Å². The number of benzene rings is 2. The lowest BCUT2D eigenvalue weighted by atomic mass is 10.1. The zero-order valence-electron chi connectivity index (χ0n) is 14.0. The number of halogens is 3. The van der Waals surface area contributed by atoms with Gasteiger partial charge < -0.3 is 10.2 Å². The van der Waals surface area contributed by atoms with Crippen molar-refractivity contribution in [3.8, 4) is 0 Å². The minimum absolute atomic E-state index is 0. The van der Waals surface area contributed by atoms with Gasteiger partial charge in [0, 0.05) is 31.1 Å². The average molecular weight is 387 g/mol. The molecule has 136 valence electrons. The molecular weight excluding hydrogens is 366 g/mol. The minimum Gasteiger partial charge on any atom is -0.343 e. The first-order valence-electron chi connectivity index (χ1n) is 7.59. The summed E-state index contributed by atoms with van der Waals surface area (Å²) in [5.74, 6) is -1.41. The second-order valence-electron chi connectivity index (χ2n) is 5.35. The number of nitrogens with zero attached hydrogens (tertiary/aromatic N) is 1. The third-order valence-electron chi connectivity index (χ3n) is 3.54. The lowest BCUT2D eigenvalue weighted by Crippen LogP contribution is -2.35. The molecule has 0 aromatic heterocycles. The Morgan fingerprint density at radius 2 is 1.88 bits per heavy atom. The molecule has 0 radical (unpaired) electrons. The van der Waals surface area contributed by atoms with Gasteiger partial charge in [0.2, 0.25) is 5.91 Å². The molecule has 1 unspecified atom stereocenters. The number of carbonyl (C=O) groups is 1. The van der Waals surface area contributed by atoms with E-state index in [-0.39, 0.29) is 23.2 Å². The Hall–Kier alpha value is -1.63. The zero-order chi connectivity index (χ0) is 17.5. The smallest absolute Gasteiger partial charge is 0.240 e. The Balaban J connectivity index is 0.00000312. The van der Waals surface area contributed by atoms with E-state index in [0.717, 1.165) is 23.4 Å². The van der Waals surface area contributed by atoms with Crippen LogP contribution in [0.3, 0.4) is 0 Å². The fourth-order valence-electron chi connectivity index (χ4n) is 2.18. The summed E-state index contributed by atoms with van der Waals surface area (Å²) in [7, 11) is 3.53. The average Bonchev–Trinajstić information content (AvgIpc) is 2.59. The lowest BCUT2D eigenvalue weighted by Gasteiger charge is -2.24. The van der Waals surface area contributed by atoms with E-state index in [0.29, 0.717) is 13.1 Å². The molecule has 0 heterocycles. The van der Waals surface area contributed by atoms with Crippen molar-refractivity contribution in [3.63, 3.8) is 0 Å². The highest BCUT2D eigenvalue weighted by atomic mass is 35.5. The molecule has 1 atom stereocenters. The van der Waals surface area contributed by atoms with Crippen molar-refractivity contribution in [1.29, 1.82) is 0 Å². The summed E-state index contributed by atoms with van der Waals surface area (Å²) in [6.07, 6.45) is 0. The number of likely N-dealkylation sites (N-methyl/N-ethyl adjacent to an activating group) is 2. The van der Waals surface area contributed by atoms with Crippen LogP contribution in [-0.4, -0.2) is 38.0 Å². The van der Waals surface area contributed by atoms with Crippen molar-refractivity contribution in [2.75, 3.05) is 27.2 Å². The number of thioether (sulfide) groups is 1. The first kappa shape index (κ1) is 21.4. The topological polar surface area (TPSA) is 32.3 Å². The largest absolute Gasteiger partial charge is 0.343 e. The highest BCUT2D eigenvalue weighted by molar-refractivity contribution is 8.00. The summed E-state index contributed by atoms with van der Waals surface area (Å²) < 4.78 is 27.1. The Kier molecular flexibility index (Phi) is 8.89. The van der Waals surface area contributed by atoms with E-state index >= 15 is 0 Å². The predicted octanol–water partition coefficient (Wildman–Crippen LogP) is 3.90. The molecule has 0 saturated carbocycles. The van der Waals surface area contributed by atoms with Gasteiger partial charge in [0.15, 0.2) is 0 Å². The van der Waals surface area contributed by atoms with Crippen molar-refractivity contribution >= 4 is 30.1 Å². The van der Waals surface area contributed by atoms with Crippen molar-refractivity contribution < 1.29 is 13.6 Å². The summed E-state index contributed by atoms with van der Waals surface area (Å²) >= 11 is 1.09. The summed E-state index contributed by atoms with van der Waals surface area (Å²) in [4.78, 5) is 14.7. The maximum absolute atomic E-state index is 14.0. The molecule has 2 aromatic rings. The minimum atomic E-state index is -0.661. The maximum Gasteiger partial charge on any atom is 0.240 e. The van der Waals surface area contributed by atoms with Crippen molar-refractivity contribution in [2.24, 2.45) is 0 Å². The Labute approximate surface area is 157 Å². The van der Waals surface area contributed by atoms with Gasteiger partial charge in [-0.3, -0.25) is 4.79 Å². The number of rotatable bonds is 7. The maximum atomic E-state index is 14.0. The summed E-state index contributed by atoms with van der Waals surface area (Å²) in [5.41, 5.74) is 0.785. The van der Waals surface area contributed by atoms with Gasteiger partial charge in [0.25, 0.3) is 0 Å². The number of hydrogen-bond acceptors (Lipinski definition) is 3. The highest BCUT2D eigenvalue weighted by Crippen LogP contribution is 2.37. The molecule has 0 aliphatic carbocycles. The summed E-state index contributed by atoms with van der Waals surface area (Å²) in [5, 5.41) is 2.41. The number of hydrogen-bond donors (Lipinski definition) is 1. The van der Waals surface area contributed by atoms with Crippen LogP contribution in [0.5, 0.6) is 0 Å². The first-order valence-corrected chi connectivity index (χ1v) is 8.47. The SMILES string of the molecule is CNCCN(C)C(=O)C(Sc1ccc(F)cc1F)c1ccccc1.Cl. The molecule has 2 rings (SSSR count). The summed E-state index contributed by atoms with van der Waals surface area (Å²) in [6, 6.07) is 12.6. The van der Waals surface area contributed by atoms with Gasteiger partial charge in [-0.1, -0.05) is 30.3 Å². The molecule has 0 aliphatic rings. The molecule has 25 heavy (non-hydrogen) atoms. The fourth-order valence-corrected chi connectivity index (χ4v) is 3.32. The normalized spacial score (nSPS) is 11.5. The molecule has 0 bridgehead atoms. The lowest BCUT2D eigenvalue weighted by molar-refractivity contribution is -0.129. The van der Waals surface area contributed by atoms with Gasteiger partial charge in [0.1, 0.15) is 16.9 Å². The number of amides is 1. The van der Waals surface area contributed by atoms with Gasteiger partial charge >= 0.3 is 0 Å². The van der Waals surface area contributed by atoms with E-state index in [4.69, 9.17) is 0 Å². The van der Waals surface area contributed by atoms with Gasteiger partial charge in [0.05, 0.1) is 0 Å². The van der Waals surface area contributed by atoms with Crippen LogP contribution >= 0.6 is 24.2 Å². The van der Waals surface area contributed by atoms with E-state index < -0.39 is 16.9 Å². The van der Waals surface area contributed by atoms with Crippen LogP contribution in [0.25, 0.3) is 0 Å². The standard InChI is InChI=1S/C18H20F2N2OS.ClH/c1-21-10-11-22(2)18(23)17(13-6-4-3-5-7-13)24-16-9-8-14(19)12-15(16)20;/h3-9,12,17,21H,10-11H2,1-2H3;1H. The Bertz CT molecular complexity index is 688. The van der Waals surface area contributed by atoms with E-state index in [1.54, 1.807) is 11.9 Å². The molecule has 1 N–H and O–H groups in total. The second-order valence-corrected chi connectivity index (χ2v) is 6.49. The van der Waals surface area contributed by atoms with Crippen LogP contribution in [0.1, 0.15) is 10.8 Å². The predicted molar refractivity (Wildman–Crippen MR) is 100 cm³/mol. The first-order chi connectivity index (χ1) is 11.5. The van der Waals surface area contributed by atoms with Crippen LogP contribution in [0, 0.1) is 11.6 Å². The van der Waals surface area contributed by atoms with Gasteiger partial charge in [-0.15, -0.1) is 24.2 Å². The molecule has 0 saturated heterocycles. The van der Waals surface area contributed by atoms with E-state index in [9.17, 15) is 13.6 Å². The van der Waals surface area contributed by atoms with E-state index in [2.05, 4.69) is 5.32 Å². The number of carbonyl (C=O) groups excluding carboxylic acids is 1. The number of nitrogens with one attached hydrogen (secondary N) is 1. The summed E-state index contributed by atoms with van der Waals surface area (Å²) in [6.45, 7) is 1.21. The molecule has 2 aromatic carbocycles. The van der Waals surface area contributed by atoms with Crippen molar-refractivity contribution in [2.45, 2.75) is 10.1 Å². The zero-order valence-corrected chi connectivity index (χ0v) is 15.7. The van der Waals surface area contributed by atoms with Crippen LogP contribution in [0.15, 0.2) is 53.4 Å². The second kappa shape index (κ2) is 10.4. The van der Waals surface area contributed by atoms with Crippen molar-refractivity contribution in [1.82, 2.24) is 10.2 Å². The van der Waals surface area contributed by atoms with Gasteiger partial charge in [-0.2, -0.15) is 0 Å². The highest BCUT2D eigenvalue weighted by Gasteiger charge is 2.26.